The first kappa shape index (κ1) is 16.2. The smallest absolute Gasteiger partial charge is 0.246 e. The van der Waals surface area contributed by atoms with Gasteiger partial charge in [0.25, 0.3) is 0 Å². The molecule has 1 saturated carbocycles. The standard InChI is InChI=1S/C16H28N2O4/c1-11-10-22-15-7-12(16(19)17-20)4-5-13(15)8-18(11)9-14-3-2-6-21-14/h11-15,20H,2-10H2,1H3,(H,17,19)/t11-,12?,13?,14?,15?/m0/s1. The molecule has 0 aromatic carbocycles. The summed E-state index contributed by atoms with van der Waals surface area (Å²) in [4.78, 5) is 14.1. The average molecular weight is 312 g/mol. The summed E-state index contributed by atoms with van der Waals surface area (Å²) in [5.74, 6) is 0.0934. The van der Waals surface area contributed by atoms with E-state index in [4.69, 9.17) is 14.7 Å². The van der Waals surface area contributed by atoms with E-state index in [1.165, 1.54) is 6.42 Å². The number of carbonyl (C=O) groups excluding carboxylic acids is 1. The third-order valence-electron chi connectivity index (χ3n) is 5.52. The van der Waals surface area contributed by atoms with Crippen LogP contribution in [0.15, 0.2) is 0 Å². The second-order valence-corrected chi connectivity index (χ2v) is 7.06. The average Bonchev–Trinajstić information content (AvgIpc) is 2.99. The number of ether oxygens (including phenoxy) is 2. The molecule has 0 spiro atoms. The van der Waals surface area contributed by atoms with Crippen LogP contribution in [0.2, 0.25) is 0 Å². The van der Waals surface area contributed by atoms with Crippen LogP contribution in [0.25, 0.3) is 0 Å². The summed E-state index contributed by atoms with van der Waals surface area (Å²) in [5.41, 5.74) is 1.79. The first-order chi connectivity index (χ1) is 10.7. The van der Waals surface area contributed by atoms with Gasteiger partial charge in [0.1, 0.15) is 0 Å². The van der Waals surface area contributed by atoms with Crippen LogP contribution < -0.4 is 5.48 Å². The molecule has 6 nitrogen and oxygen atoms in total. The van der Waals surface area contributed by atoms with E-state index in [-0.39, 0.29) is 17.9 Å². The number of amides is 1. The molecule has 3 rings (SSSR count). The van der Waals surface area contributed by atoms with Gasteiger partial charge in [-0.25, -0.2) is 5.48 Å². The molecule has 2 aliphatic heterocycles. The Hall–Kier alpha value is -0.690. The molecular formula is C16H28N2O4. The van der Waals surface area contributed by atoms with Crippen molar-refractivity contribution in [2.45, 2.75) is 57.3 Å². The molecule has 4 unspecified atom stereocenters. The van der Waals surface area contributed by atoms with Crippen molar-refractivity contribution in [3.05, 3.63) is 0 Å². The van der Waals surface area contributed by atoms with E-state index in [9.17, 15) is 4.79 Å². The maximum absolute atomic E-state index is 11.6. The Bertz CT molecular complexity index is 386. The normalized spacial score (nSPS) is 40.0. The Balaban J connectivity index is 1.59. The molecule has 0 radical (unpaired) electrons. The summed E-state index contributed by atoms with van der Waals surface area (Å²) in [6.07, 6.45) is 5.38. The fourth-order valence-corrected chi connectivity index (χ4v) is 4.09. The lowest BCUT2D eigenvalue weighted by Gasteiger charge is -2.35. The van der Waals surface area contributed by atoms with E-state index in [0.29, 0.717) is 24.7 Å². The first-order valence-corrected chi connectivity index (χ1v) is 8.58. The van der Waals surface area contributed by atoms with Gasteiger partial charge in [-0.1, -0.05) is 0 Å². The number of fused-ring (bicyclic) bond motifs is 1. The molecule has 0 bridgehead atoms. The van der Waals surface area contributed by atoms with E-state index in [1.54, 1.807) is 5.48 Å². The number of rotatable bonds is 3. The molecule has 3 fully saturated rings. The van der Waals surface area contributed by atoms with Gasteiger partial charge in [-0.3, -0.25) is 14.9 Å². The van der Waals surface area contributed by atoms with Gasteiger partial charge in [0, 0.05) is 31.7 Å². The number of nitrogens with zero attached hydrogens (tertiary/aromatic N) is 1. The van der Waals surface area contributed by atoms with Crippen molar-refractivity contribution >= 4 is 5.91 Å². The molecule has 6 heteroatoms. The highest BCUT2D eigenvalue weighted by Crippen LogP contribution is 2.34. The molecule has 5 atom stereocenters. The lowest BCUT2D eigenvalue weighted by molar-refractivity contribution is -0.137. The van der Waals surface area contributed by atoms with Crippen LogP contribution in [-0.2, 0) is 14.3 Å². The van der Waals surface area contributed by atoms with Crippen molar-refractivity contribution in [1.29, 1.82) is 0 Å². The molecule has 3 aliphatic rings. The van der Waals surface area contributed by atoms with Crippen molar-refractivity contribution in [2.24, 2.45) is 11.8 Å². The fraction of sp³-hybridized carbons (Fsp3) is 0.938. The molecule has 1 amide bonds. The lowest BCUT2D eigenvalue weighted by atomic mass is 9.79. The highest BCUT2D eigenvalue weighted by molar-refractivity contribution is 5.77. The van der Waals surface area contributed by atoms with Crippen molar-refractivity contribution in [3.63, 3.8) is 0 Å². The summed E-state index contributed by atoms with van der Waals surface area (Å²) < 4.78 is 11.9. The lowest BCUT2D eigenvalue weighted by Crippen LogP contribution is -2.44. The minimum Gasteiger partial charge on any atom is -0.377 e. The summed E-state index contributed by atoms with van der Waals surface area (Å²) >= 11 is 0. The zero-order chi connectivity index (χ0) is 15.5. The van der Waals surface area contributed by atoms with E-state index in [0.717, 1.165) is 45.4 Å². The monoisotopic (exact) mass is 312 g/mol. The van der Waals surface area contributed by atoms with Gasteiger partial charge in [0.05, 0.1) is 18.8 Å². The Morgan fingerprint density at radius 3 is 2.91 bits per heavy atom. The Labute approximate surface area is 132 Å². The molecule has 126 valence electrons. The van der Waals surface area contributed by atoms with Gasteiger partial charge in [-0.2, -0.15) is 0 Å². The van der Waals surface area contributed by atoms with E-state index in [2.05, 4.69) is 11.8 Å². The minimum absolute atomic E-state index is 0.119. The van der Waals surface area contributed by atoms with Gasteiger partial charge in [0.2, 0.25) is 5.91 Å². The summed E-state index contributed by atoms with van der Waals surface area (Å²) in [7, 11) is 0. The zero-order valence-corrected chi connectivity index (χ0v) is 13.4. The molecule has 1 aliphatic carbocycles. The van der Waals surface area contributed by atoms with Crippen molar-refractivity contribution in [2.75, 3.05) is 26.3 Å². The van der Waals surface area contributed by atoms with E-state index < -0.39 is 0 Å². The third kappa shape index (κ3) is 3.62. The summed E-state index contributed by atoms with van der Waals surface area (Å²) in [6.45, 7) is 5.84. The molecule has 2 saturated heterocycles. The Morgan fingerprint density at radius 1 is 1.32 bits per heavy atom. The molecule has 2 N–H and O–H groups in total. The summed E-state index contributed by atoms with van der Waals surface area (Å²) in [5, 5.41) is 8.82. The van der Waals surface area contributed by atoms with Gasteiger partial charge in [-0.15, -0.1) is 0 Å². The predicted molar refractivity (Wildman–Crippen MR) is 80.5 cm³/mol. The Kier molecular flexibility index (Phi) is 5.33. The summed E-state index contributed by atoms with van der Waals surface area (Å²) in [6, 6.07) is 0.389. The predicted octanol–water partition coefficient (Wildman–Crippen LogP) is 1.18. The van der Waals surface area contributed by atoms with Crippen LogP contribution in [0.1, 0.15) is 39.0 Å². The first-order valence-electron chi connectivity index (χ1n) is 8.58. The van der Waals surface area contributed by atoms with E-state index in [1.807, 2.05) is 0 Å². The molecule has 2 heterocycles. The number of hydrogen-bond donors (Lipinski definition) is 2. The van der Waals surface area contributed by atoms with Crippen molar-refractivity contribution in [1.82, 2.24) is 10.4 Å². The highest BCUT2D eigenvalue weighted by atomic mass is 16.5. The highest BCUT2D eigenvalue weighted by Gasteiger charge is 2.38. The number of carbonyl (C=O) groups is 1. The van der Waals surface area contributed by atoms with Gasteiger partial charge >= 0.3 is 0 Å². The van der Waals surface area contributed by atoms with Crippen LogP contribution >= 0.6 is 0 Å². The SMILES string of the molecule is C[C@H]1COC2CC(C(=O)NO)CCC2CN1CC1CCCO1. The van der Waals surface area contributed by atoms with Crippen LogP contribution in [0.4, 0.5) is 0 Å². The maximum atomic E-state index is 11.6. The molecular weight excluding hydrogens is 284 g/mol. The van der Waals surface area contributed by atoms with Crippen LogP contribution in [0.5, 0.6) is 0 Å². The quantitative estimate of drug-likeness (QED) is 0.605. The van der Waals surface area contributed by atoms with Gasteiger partial charge in [-0.05, 0) is 44.9 Å². The van der Waals surface area contributed by atoms with Gasteiger partial charge < -0.3 is 9.47 Å². The zero-order valence-electron chi connectivity index (χ0n) is 13.4. The van der Waals surface area contributed by atoms with Crippen molar-refractivity contribution < 1.29 is 19.5 Å². The van der Waals surface area contributed by atoms with E-state index >= 15 is 0 Å². The number of hydroxylamine groups is 1. The second kappa shape index (κ2) is 7.25. The molecule has 0 aromatic rings. The number of hydrogen-bond acceptors (Lipinski definition) is 5. The molecule has 22 heavy (non-hydrogen) atoms. The minimum atomic E-state index is -0.268. The van der Waals surface area contributed by atoms with Crippen LogP contribution in [0, 0.1) is 11.8 Å². The largest absolute Gasteiger partial charge is 0.377 e. The van der Waals surface area contributed by atoms with Gasteiger partial charge in [0.15, 0.2) is 0 Å². The Morgan fingerprint density at radius 2 is 2.18 bits per heavy atom. The molecule has 0 aromatic heterocycles. The van der Waals surface area contributed by atoms with Crippen LogP contribution in [-0.4, -0.2) is 60.6 Å². The maximum Gasteiger partial charge on any atom is 0.246 e. The second-order valence-electron chi connectivity index (χ2n) is 7.06. The van der Waals surface area contributed by atoms with Crippen LogP contribution in [0.3, 0.4) is 0 Å². The van der Waals surface area contributed by atoms with Crippen molar-refractivity contribution in [3.8, 4) is 0 Å². The third-order valence-corrected chi connectivity index (χ3v) is 5.52. The fourth-order valence-electron chi connectivity index (χ4n) is 4.09. The number of nitrogens with one attached hydrogen (secondary N) is 1. The topological polar surface area (TPSA) is 71.0 Å².